The average Bonchev–Trinajstić information content (AvgIpc) is 2.84. The predicted octanol–water partition coefficient (Wildman–Crippen LogP) is 1.41. The van der Waals surface area contributed by atoms with Crippen molar-refractivity contribution in [3.63, 3.8) is 0 Å². The van der Waals surface area contributed by atoms with Crippen molar-refractivity contribution in [3.8, 4) is 0 Å². The van der Waals surface area contributed by atoms with Crippen molar-refractivity contribution < 1.29 is 9.90 Å². The molecule has 0 atom stereocenters. The number of hydrogen-bond acceptors (Lipinski definition) is 4. The number of piperazine rings is 1. The van der Waals surface area contributed by atoms with E-state index in [2.05, 4.69) is 26.1 Å². The third-order valence-electron chi connectivity index (χ3n) is 4.55. The lowest BCUT2D eigenvalue weighted by Gasteiger charge is -2.34. The van der Waals surface area contributed by atoms with Gasteiger partial charge in [0.15, 0.2) is 0 Å². The van der Waals surface area contributed by atoms with Crippen LogP contribution in [-0.2, 0) is 17.8 Å². The molecule has 124 valence electrons. The van der Waals surface area contributed by atoms with Gasteiger partial charge in [0, 0.05) is 38.9 Å². The van der Waals surface area contributed by atoms with E-state index in [4.69, 9.17) is 0 Å². The zero-order valence-electron chi connectivity index (χ0n) is 13.8. The molecule has 6 nitrogen and oxygen atoms in total. The van der Waals surface area contributed by atoms with Crippen LogP contribution in [0.5, 0.6) is 0 Å². The maximum Gasteiger partial charge on any atom is 0.309 e. The highest BCUT2D eigenvalue weighted by atomic mass is 16.4. The number of hydrogen-bond donors (Lipinski definition) is 1. The molecule has 0 spiro atoms. The number of rotatable bonds is 5. The Hall–Kier alpha value is -1.92. The molecule has 6 heteroatoms. The van der Waals surface area contributed by atoms with Crippen molar-refractivity contribution in [2.75, 3.05) is 32.7 Å². The summed E-state index contributed by atoms with van der Waals surface area (Å²) in [5.74, 6) is -0.831. The number of fused-ring (bicyclic) bond motifs is 1. The molecule has 3 rings (SSSR count). The number of carboxylic acids is 1. The Labute approximate surface area is 136 Å². The fraction of sp³-hybridized carbons (Fsp3) is 0.529. The lowest BCUT2D eigenvalue weighted by Crippen LogP contribution is -2.45. The number of pyridine rings is 1. The maximum atomic E-state index is 11.2. The quantitative estimate of drug-likeness (QED) is 0.904. The van der Waals surface area contributed by atoms with Gasteiger partial charge in [0.2, 0.25) is 0 Å². The molecule has 3 heterocycles. The van der Waals surface area contributed by atoms with Gasteiger partial charge in [0.1, 0.15) is 5.65 Å². The van der Waals surface area contributed by atoms with Crippen LogP contribution in [0.3, 0.4) is 0 Å². The van der Waals surface area contributed by atoms with Crippen molar-refractivity contribution in [1.82, 2.24) is 19.2 Å². The largest absolute Gasteiger partial charge is 0.481 e. The molecule has 1 aliphatic heterocycles. The Balaban J connectivity index is 1.88. The number of nitrogens with zero attached hydrogens (tertiary/aromatic N) is 4. The van der Waals surface area contributed by atoms with E-state index < -0.39 is 5.97 Å². The monoisotopic (exact) mass is 316 g/mol. The van der Waals surface area contributed by atoms with Gasteiger partial charge in [-0.3, -0.25) is 9.69 Å². The second kappa shape index (κ2) is 6.68. The molecule has 0 aromatic carbocycles. The van der Waals surface area contributed by atoms with Gasteiger partial charge < -0.3 is 14.4 Å². The zero-order chi connectivity index (χ0) is 16.4. The van der Waals surface area contributed by atoms with Gasteiger partial charge in [-0.05, 0) is 25.1 Å². The summed E-state index contributed by atoms with van der Waals surface area (Å²) >= 11 is 0. The van der Waals surface area contributed by atoms with E-state index >= 15 is 0 Å². The van der Waals surface area contributed by atoms with Crippen LogP contribution in [0.1, 0.15) is 23.9 Å². The van der Waals surface area contributed by atoms with Crippen LogP contribution in [0.4, 0.5) is 0 Å². The second-order valence-corrected chi connectivity index (χ2v) is 6.22. The van der Waals surface area contributed by atoms with Crippen molar-refractivity contribution in [2.24, 2.45) is 0 Å². The third kappa shape index (κ3) is 3.54. The molecule has 0 bridgehead atoms. The molecule has 1 saturated heterocycles. The Morgan fingerprint density at radius 3 is 2.57 bits per heavy atom. The van der Waals surface area contributed by atoms with Crippen LogP contribution in [0.15, 0.2) is 18.3 Å². The third-order valence-corrected chi connectivity index (χ3v) is 4.55. The molecule has 0 saturated carbocycles. The maximum absolute atomic E-state index is 11.2. The van der Waals surface area contributed by atoms with Gasteiger partial charge in [-0.25, -0.2) is 4.98 Å². The number of carboxylic acid groups (broad SMARTS) is 1. The van der Waals surface area contributed by atoms with Crippen LogP contribution >= 0.6 is 0 Å². The lowest BCUT2D eigenvalue weighted by atomic mass is 10.2. The topological polar surface area (TPSA) is 61.1 Å². The van der Waals surface area contributed by atoms with Crippen LogP contribution in [0.2, 0.25) is 0 Å². The first-order chi connectivity index (χ1) is 11.1. The fourth-order valence-electron chi connectivity index (χ4n) is 3.18. The highest BCUT2D eigenvalue weighted by Gasteiger charge is 2.21. The minimum atomic E-state index is -0.831. The summed E-state index contributed by atoms with van der Waals surface area (Å²) in [5, 5.41) is 9.17. The highest BCUT2D eigenvalue weighted by Crippen LogP contribution is 2.18. The first-order valence-electron chi connectivity index (χ1n) is 8.19. The van der Waals surface area contributed by atoms with Gasteiger partial charge in [0.25, 0.3) is 0 Å². The molecular weight excluding hydrogens is 292 g/mol. The number of aryl methyl sites for hydroxylation is 1. The molecule has 0 unspecified atom stereocenters. The molecule has 2 aromatic rings. The molecular formula is C17H24N4O2. The molecule has 1 aliphatic rings. The molecule has 0 aliphatic carbocycles. The van der Waals surface area contributed by atoms with E-state index in [0.29, 0.717) is 5.69 Å². The first kappa shape index (κ1) is 16.0. The van der Waals surface area contributed by atoms with E-state index in [0.717, 1.165) is 56.2 Å². The molecule has 0 radical (unpaired) electrons. The Bertz CT molecular complexity index is 702. The van der Waals surface area contributed by atoms with Crippen LogP contribution < -0.4 is 0 Å². The van der Waals surface area contributed by atoms with E-state index in [-0.39, 0.29) is 6.42 Å². The smallest absolute Gasteiger partial charge is 0.309 e. The molecule has 2 aromatic heterocycles. The number of likely N-dealkylation sites (N-methyl/N-ethyl adjacent to an activating group) is 1. The van der Waals surface area contributed by atoms with Gasteiger partial charge >= 0.3 is 5.97 Å². The van der Waals surface area contributed by atoms with Crippen LogP contribution in [0.25, 0.3) is 5.65 Å². The SMILES string of the molecule is CCN1CCN(Cc2c(CC(=O)O)nc3ccc(C)cn23)CC1. The predicted molar refractivity (Wildman–Crippen MR) is 88.7 cm³/mol. The van der Waals surface area contributed by atoms with Crippen LogP contribution in [-0.4, -0.2) is 63.0 Å². The normalized spacial score (nSPS) is 17.0. The summed E-state index contributed by atoms with van der Waals surface area (Å²) in [5.41, 5.74) is 3.67. The Morgan fingerprint density at radius 2 is 1.91 bits per heavy atom. The zero-order valence-corrected chi connectivity index (χ0v) is 13.8. The number of aromatic nitrogens is 2. The summed E-state index contributed by atoms with van der Waals surface area (Å²) in [6.07, 6.45) is 2.02. The van der Waals surface area contributed by atoms with Gasteiger partial charge in [0.05, 0.1) is 17.8 Å². The number of aliphatic carboxylic acids is 1. The number of imidazole rings is 1. The molecule has 23 heavy (non-hydrogen) atoms. The standard InChI is InChI=1S/C17H24N4O2/c1-3-19-6-8-20(9-7-19)12-15-14(10-17(22)23)18-16-5-4-13(2)11-21(15)16/h4-5,11H,3,6-10,12H2,1-2H3,(H,22,23). The van der Waals surface area contributed by atoms with E-state index in [9.17, 15) is 9.90 Å². The van der Waals surface area contributed by atoms with Crippen molar-refractivity contribution in [2.45, 2.75) is 26.8 Å². The van der Waals surface area contributed by atoms with Crippen LogP contribution in [0, 0.1) is 6.92 Å². The van der Waals surface area contributed by atoms with Gasteiger partial charge in [-0.15, -0.1) is 0 Å². The van der Waals surface area contributed by atoms with Gasteiger partial charge in [-0.1, -0.05) is 13.0 Å². The minimum Gasteiger partial charge on any atom is -0.481 e. The van der Waals surface area contributed by atoms with Crippen molar-refractivity contribution in [1.29, 1.82) is 0 Å². The molecule has 1 N–H and O–H groups in total. The fourth-order valence-corrected chi connectivity index (χ4v) is 3.18. The number of carbonyl (C=O) groups is 1. The van der Waals surface area contributed by atoms with E-state index in [1.807, 2.05) is 25.3 Å². The highest BCUT2D eigenvalue weighted by molar-refractivity contribution is 5.70. The van der Waals surface area contributed by atoms with E-state index in [1.54, 1.807) is 0 Å². The Kier molecular flexibility index (Phi) is 4.63. The van der Waals surface area contributed by atoms with Crippen molar-refractivity contribution >= 4 is 11.6 Å². The average molecular weight is 316 g/mol. The Morgan fingerprint density at radius 1 is 1.22 bits per heavy atom. The minimum absolute atomic E-state index is 0.0228. The summed E-state index contributed by atoms with van der Waals surface area (Å²) in [6.45, 7) is 10.2. The summed E-state index contributed by atoms with van der Waals surface area (Å²) < 4.78 is 2.06. The first-order valence-corrected chi connectivity index (χ1v) is 8.19. The van der Waals surface area contributed by atoms with E-state index in [1.165, 1.54) is 0 Å². The molecule has 0 amide bonds. The van der Waals surface area contributed by atoms with Crippen molar-refractivity contribution in [3.05, 3.63) is 35.3 Å². The summed E-state index contributed by atoms with van der Waals surface area (Å²) in [4.78, 5) is 20.5. The second-order valence-electron chi connectivity index (χ2n) is 6.22. The summed E-state index contributed by atoms with van der Waals surface area (Å²) in [6, 6.07) is 3.97. The van der Waals surface area contributed by atoms with Gasteiger partial charge in [-0.2, -0.15) is 0 Å². The molecule has 1 fully saturated rings. The summed E-state index contributed by atoms with van der Waals surface area (Å²) in [7, 11) is 0. The lowest BCUT2D eigenvalue weighted by molar-refractivity contribution is -0.136.